The van der Waals surface area contributed by atoms with Crippen molar-refractivity contribution in [1.82, 2.24) is 10.2 Å². The van der Waals surface area contributed by atoms with Crippen LogP contribution in [-0.2, 0) is 0 Å². The topological polar surface area (TPSA) is 78.6 Å². The second kappa shape index (κ2) is 7.77. The molecule has 2 aromatic carbocycles. The number of anilines is 1. The first-order valence-corrected chi connectivity index (χ1v) is 8.11. The van der Waals surface area contributed by atoms with Crippen molar-refractivity contribution in [2.24, 2.45) is 0 Å². The average Bonchev–Trinajstić information content (AvgIpc) is 3.18. The fourth-order valence-corrected chi connectivity index (χ4v) is 2.58. The Morgan fingerprint density at radius 2 is 1.58 bits per heavy atom. The number of hydrogen-bond acceptors (Lipinski definition) is 7. The highest BCUT2D eigenvalue weighted by Crippen LogP contribution is 2.40. The summed E-state index contributed by atoms with van der Waals surface area (Å²) in [5, 5.41) is 11.6. The minimum Gasteiger partial charge on any atom is -0.493 e. The van der Waals surface area contributed by atoms with Crippen LogP contribution in [0.15, 0.2) is 46.9 Å². The lowest BCUT2D eigenvalue weighted by molar-refractivity contribution is 0.324. The SMILES string of the molecule is COc1cc(NC(C)c2nnc(-c3ccccc3)o2)cc(OC)c1OC. The second-order valence-corrected chi connectivity index (χ2v) is 5.59. The molecule has 7 nitrogen and oxygen atoms in total. The van der Waals surface area contributed by atoms with Crippen molar-refractivity contribution in [2.45, 2.75) is 13.0 Å². The number of nitrogens with zero attached hydrogens (tertiary/aromatic N) is 2. The van der Waals surface area contributed by atoms with Crippen LogP contribution in [0.1, 0.15) is 18.9 Å². The number of aromatic nitrogens is 2. The third kappa shape index (κ3) is 3.56. The summed E-state index contributed by atoms with van der Waals surface area (Å²) in [7, 11) is 4.73. The van der Waals surface area contributed by atoms with E-state index in [1.54, 1.807) is 21.3 Å². The van der Waals surface area contributed by atoms with E-state index in [9.17, 15) is 0 Å². The van der Waals surface area contributed by atoms with Crippen LogP contribution >= 0.6 is 0 Å². The van der Waals surface area contributed by atoms with Gasteiger partial charge < -0.3 is 23.9 Å². The van der Waals surface area contributed by atoms with E-state index in [2.05, 4.69) is 15.5 Å². The highest BCUT2D eigenvalue weighted by Gasteiger charge is 2.18. The van der Waals surface area contributed by atoms with Crippen LogP contribution in [0.25, 0.3) is 11.5 Å². The van der Waals surface area contributed by atoms with Gasteiger partial charge in [-0.2, -0.15) is 0 Å². The van der Waals surface area contributed by atoms with Gasteiger partial charge in [0.25, 0.3) is 0 Å². The first kappa shape index (κ1) is 17.6. The van der Waals surface area contributed by atoms with Crippen LogP contribution in [0.5, 0.6) is 17.2 Å². The molecule has 0 aliphatic heterocycles. The molecule has 7 heteroatoms. The first-order valence-electron chi connectivity index (χ1n) is 8.11. The molecule has 1 atom stereocenters. The Morgan fingerprint density at radius 3 is 2.15 bits per heavy atom. The van der Waals surface area contributed by atoms with Gasteiger partial charge in [-0.15, -0.1) is 10.2 Å². The van der Waals surface area contributed by atoms with Gasteiger partial charge in [0.15, 0.2) is 11.5 Å². The van der Waals surface area contributed by atoms with Gasteiger partial charge in [0.2, 0.25) is 17.5 Å². The molecule has 136 valence electrons. The van der Waals surface area contributed by atoms with Crippen LogP contribution in [0.4, 0.5) is 5.69 Å². The van der Waals surface area contributed by atoms with Crippen molar-refractivity contribution in [3.05, 3.63) is 48.4 Å². The maximum atomic E-state index is 5.79. The van der Waals surface area contributed by atoms with Crippen molar-refractivity contribution in [2.75, 3.05) is 26.6 Å². The first-order chi connectivity index (χ1) is 12.7. The average molecular weight is 355 g/mol. The van der Waals surface area contributed by atoms with Crippen molar-refractivity contribution in [1.29, 1.82) is 0 Å². The fraction of sp³-hybridized carbons (Fsp3) is 0.263. The maximum absolute atomic E-state index is 5.79. The van der Waals surface area contributed by atoms with Crippen LogP contribution in [0.2, 0.25) is 0 Å². The molecule has 1 heterocycles. The van der Waals surface area contributed by atoms with E-state index in [0.717, 1.165) is 11.3 Å². The Balaban J connectivity index is 1.82. The molecule has 1 unspecified atom stereocenters. The summed E-state index contributed by atoms with van der Waals surface area (Å²) in [6.45, 7) is 1.94. The van der Waals surface area contributed by atoms with Crippen molar-refractivity contribution >= 4 is 5.69 Å². The Bertz CT molecular complexity index is 839. The van der Waals surface area contributed by atoms with E-state index in [1.807, 2.05) is 49.4 Å². The predicted molar refractivity (Wildman–Crippen MR) is 97.9 cm³/mol. The van der Waals surface area contributed by atoms with Gasteiger partial charge in [-0.25, -0.2) is 0 Å². The molecule has 0 fully saturated rings. The molecule has 26 heavy (non-hydrogen) atoms. The number of nitrogens with one attached hydrogen (secondary N) is 1. The fourth-order valence-electron chi connectivity index (χ4n) is 2.58. The van der Waals surface area contributed by atoms with Gasteiger partial charge in [-0.05, 0) is 19.1 Å². The molecule has 1 aromatic heterocycles. The van der Waals surface area contributed by atoms with Gasteiger partial charge in [0.1, 0.15) is 6.04 Å². The van der Waals surface area contributed by atoms with Crippen molar-refractivity contribution in [3.8, 4) is 28.7 Å². The molecule has 3 rings (SSSR count). The van der Waals surface area contributed by atoms with Crippen LogP contribution in [0, 0.1) is 0 Å². The molecule has 0 spiro atoms. The zero-order chi connectivity index (χ0) is 18.5. The van der Waals surface area contributed by atoms with E-state index in [1.165, 1.54) is 0 Å². The Labute approximate surface area is 151 Å². The normalized spacial score (nSPS) is 11.7. The van der Waals surface area contributed by atoms with Gasteiger partial charge in [0.05, 0.1) is 21.3 Å². The summed E-state index contributed by atoms with van der Waals surface area (Å²) in [6, 6.07) is 13.1. The van der Waals surface area contributed by atoms with E-state index in [-0.39, 0.29) is 6.04 Å². The zero-order valence-corrected chi connectivity index (χ0v) is 15.1. The molecule has 0 saturated heterocycles. The molecular weight excluding hydrogens is 334 g/mol. The van der Waals surface area contributed by atoms with Crippen molar-refractivity contribution < 1.29 is 18.6 Å². The van der Waals surface area contributed by atoms with E-state index < -0.39 is 0 Å². The zero-order valence-electron chi connectivity index (χ0n) is 15.1. The monoisotopic (exact) mass is 355 g/mol. The van der Waals surface area contributed by atoms with E-state index >= 15 is 0 Å². The van der Waals surface area contributed by atoms with Crippen LogP contribution < -0.4 is 19.5 Å². The minimum atomic E-state index is -0.206. The number of methoxy groups -OCH3 is 3. The summed E-state index contributed by atoms with van der Waals surface area (Å²) in [6.07, 6.45) is 0. The number of rotatable bonds is 7. The number of ether oxygens (including phenoxy) is 3. The van der Waals surface area contributed by atoms with E-state index in [4.69, 9.17) is 18.6 Å². The second-order valence-electron chi connectivity index (χ2n) is 5.59. The quantitative estimate of drug-likeness (QED) is 0.688. The van der Waals surface area contributed by atoms with Crippen LogP contribution in [0.3, 0.4) is 0 Å². The summed E-state index contributed by atoms with van der Waals surface area (Å²) in [4.78, 5) is 0. The summed E-state index contributed by atoms with van der Waals surface area (Å²) >= 11 is 0. The molecule has 0 amide bonds. The summed E-state index contributed by atoms with van der Waals surface area (Å²) in [5.41, 5.74) is 1.66. The maximum Gasteiger partial charge on any atom is 0.247 e. The van der Waals surface area contributed by atoms with Gasteiger partial charge in [0, 0.05) is 23.4 Å². The molecule has 0 aliphatic carbocycles. The molecule has 0 radical (unpaired) electrons. The minimum absolute atomic E-state index is 0.206. The lowest BCUT2D eigenvalue weighted by atomic mass is 10.2. The smallest absolute Gasteiger partial charge is 0.247 e. The third-order valence-electron chi connectivity index (χ3n) is 3.88. The lowest BCUT2D eigenvalue weighted by Gasteiger charge is -2.17. The Kier molecular flexibility index (Phi) is 5.26. The molecule has 1 N–H and O–H groups in total. The van der Waals surface area contributed by atoms with Gasteiger partial charge in [-0.3, -0.25) is 0 Å². The number of hydrogen-bond donors (Lipinski definition) is 1. The molecule has 0 saturated carbocycles. The molecule has 0 aliphatic rings. The Hall–Kier alpha value is -3.22. The van der Waals surface area contributed by atoms with Gasteiger partial charge >= 0.3 is 0 Å². The van der Waals surface area contributed by atoms with Crippen LogP contribution in [-0.4, -0.2) is 31.5 Å². The van der Waals surface area contributed by atoms with Gasteiger partial charge in [-0.1, -0.05) is 18.2 Å². The standard InChI is InChI=1S/C19H21N3O4/c1-12(18-21-22-19(26-18)13-8-6-5-7-9-13)20-14-10-15(23-2)17(25-4)16(11-14)24-3/h5-12,20H,1-4H3. The molecule has 3 aromatic rings. The Morgan fingerprint density at radius 1 is 0.923 bits per heavy atom. The largest absolute Gasteiger partial charge is 0.493 e. The summed E-state index contributed by atoms with van der Waals surface area (Å²) < 4.78 is 21.9. The highest BCUT2D eigenvalue weighted by atomic mass is 16.5. The van der Waals surface area contributed by atoms with E-state index in [0.29, 0.717) is 29.0 Å². The molecular formula is C19H21N3O4. The van der Waals surface area contributed by atoms with Crippen molar-refractivity contribution in [3.63, 3.8) is 0 Å². The lowest BCUT2D eigenvalue weighted by Crippen LogP contribution is -2.08. The molecule has 0 bridgehead atoms. The summed E-state index contributed by atoms with van der Waals surface area (Å²) in [5.74, 6) is 2.64. The third-order valence-corrected chi connectivity index (χ3v) is 3.88. The number of benzene rings is 2. The highest BCUT2D eigenvalue weighted by molar-refractivity contribution is 5.63. The predicted octanol–water partition coefficient (Wildman–Crippen LogP) is 3.94.